The quantitative estimate of drug-likeness (QED) is 0.761. The SMILES string of the molecule is Cc1ccc(CN2CCC3(CC2)CCN(C(=O)CC2CC2)C3)cc1.O=C(O)C(F)(F)F. The second-order valence-corrected chi connectivity index (χ2v) is 9.28. The second kappa shape index (κ2) is 9.59. The van der Waals surface area contributed by atoms with Crippen LogP contribution in [0.3, 0.4) is 0 Å². The summed E-state index contributed by atoms with van der Waals surface area (Å²) in [5.41, 5.74) is 3.17. The average molecular weight is 441 g/mol. The van der Waals surface area contributed by atoms with E-state index in [1.54, 1.807) is 0 Å². The van der Waals surface area contributed by atoms with E-state index in [-0.39, 0.29) is 0 Å². The molecule has 1 aromatic carbocycles. The van der Waals surface area contributed by atoms with Crippen LogP contribution in [0.5, 0.6) is 0 Å². The van der Waals surface area contributed by atoms with Crippen molar-refractivity contribution in [3.05, 3.63) is 35.4 Å². The molecule has 1 saturated carbocycles. The standard InChI is InChI=1S/C21H30N2O.C2HF3O2/c1-17-2-4-19(5-3-17)15-22-11-8-21(9-12-22)10-13-23(16-21)20(24)14-18-6-7-18;3-2(4,5)1(6)7/h2-5,18H,6-16H2,1H3;(H,6,7). The molecule has 0 bridgehead atoms. The molecule has 8 heteroatoms. The zero-order valence-electron chi connectivity index (χ0n) is 18.0. The van der Waals surface area contributed by atoms with Gasteiger partial charge in [-0.3, -0.25) is 9.69 Å². The van der Waals surface area contributed by atoms with Crippen molar-refractivity contribution >= 4 is 11.9 Å². The molecular weight excluding hydrogens is 409 g/mol. The Labute approximate surface area is 181 Å². The number of aryl methyl sites for hydroxylation is 1. The Morgan fingerprint density at radius 3 is 2.13 bits per heavy atom. The van der Waals surface area contributed by atoms with Crippen LogP contribution in [0.25, 0.3) is 0 Å². The molecule has 172 valence electrons. The van der Waals surface area contributed by atoms with E-state index in [1.165, 1.54) is 56.3 Å². The molecule has 0 atom stereocenters. The van der Waals surface area contributed by atoms with Crippen molar-refractivity contribution < 1.29 is 27.9 Å². The van der Waals surface area contributed by atoms with Gasteiger partial charge in [0.25, 0.3) is 0 Å². The van der Waals surface area contributed by atoms with Gasteiger partial charge in [0.15, 0.2) is 0 Å². The van der Waals surface area contributed by atoms with Crippen molar-refractivity contribution in [3.8, 4) is 0 Å². The molecule has 1 spiro atoms. The molecule has 0 aromatic heterocycles. The maximum Gasteiger partial charge on any atom is 0.490 e. The first-order valence-electron chi connectivity index (χ1n) is 10.9. The predicted molar refractivity (Wildman–Crippen MR) is 110 cm³/mol. The lowest BCUT2D eigenvalue weighted by molar-refractivity contribution is -0.192. The number of piperidine rings is 1. The third kappa shape index (κ3) is 6.95. The topological polar surface area (TPSA) is 60.9 Å². The molecule has 31 heavy (non-hydrogen) atoms. The van der Waals surface area contributed by atoms with Crippen LogP contribution >= 0.6 is 0 Å². The summed E-state index contributed by atoms with van der Waals surface area (Å²) in [6.07, 6.45) is 2.02. The summed E-state index contributed by atoms with van der Waals surface area (Å²) in [6, 6.07) is 8.93. The van der Waals surface area contributed by atoms with Gasteiger partial charge in [0.2, 0.25) is 5.91 Å². The highest BCUT2D eigenvalue weighted by Gasteiger charge is 2.42. The molecule has 1 N–H and O–H groups in total. The highest BCUT2D eigenvalue weighted by atomic mass is 19.4. The summed E-state index contributed by atoms with van der Waals surface area (Å²) in [6.45, 7) is 7.60. The number of alkyl halides is 3. The lowest BCUT2D eigenvalue weighted by atomic mass is 9.77. The molecule has 1 amide bonds. The fourth-order valence-corrected chi connectivity index (χ4v) is 4.39. The fourth-order valence-electron chi connectivity index (χ4n) is 4.39. The van der Waals surface area contributed by atoms with E-state index in [0.717, 1.165) is 26.1 Å². The second-order valence-electron chi connectivity index (χ2n) is 9.28. The van der Waals surface area contributed by atoms with Crippen LogP contribution in [0.1, 0.15) is 49.7 Å². The maximum absolute atomic E-state index is 12.4. The summed E-state index contributed by atoms with van der Waals surface area (Å²) >= 11 is 0. The van der Waals surface area contributed by atoms with Gasteiger partial charge < -0.3 is 10.0 Å². The van der Waals surface area contributed by atoms with Crippen molar-refractivity contribution in [1.82, 2.24) is 9.80 Å². The number of carbonyl (C=O) groups is 2. The third-order valence-corrected chi connectivity index (χ3v) is 6.64. The van der Waals surface area contributed by atoms with Crippen LogP contribution in [0, 0.1) is 18.3 Å². The number of carbonyl (C=O) groups excluding carboxylic acids is 1. The van der Waals surface area contributed by atoms with Gasteiger partial charge >= 0.3 is 12.1 Å². The van der Waals surface area contributed by atoms with E-state index in [1.807, 2.05) is 0 Å². The first-order chi connectivity index (χ1) is 14.6. The molecule has 2 aliphatic heterocycles. The normalized spacial score (nSPS) is 21.0. The molecule has 4 rings (SSSR count). The molecule has 3 aliphatic rings. The van der Waals surface area contributed by atoms with Crippen molar-refractivity contribution in [3.63, 3.8) is 0 Å². The molecule has 2 saturated heterocycles. The molecule has 2 heterocycles. The lowest BCUT2D eigenvalue weighted by Gasteiger charge is -2.39. The minimum Gasteiger partial charge on any atom is -0.475 e. The van der Waals surface area contributed by atoms with Gasteiger partial charge in [-0.2, -0.15) is 13.2 Å². The zero-order valence-corrected chi connectivity index (χ0v) is 18.0. The van der Waals surface area contributed by atoms with Crippen LogP contribution in [-0.2, 0) is 16.1 Å². The van der Waals surface area contributed by atoms with Gasteiger partial charge in [0.05, 0.1) is 0 Å². The first-order valence-corrected chi connectivity index (χ1v) is 10.9. The van der Waals surface area contributed by atoms with Crippen molar-refractivity contribution in [2.45, 2.75) is 58.2 Å². The zero-order chi connectivity index (χ0) is 22.6. The summed E-state index contributed by atoms with van der Waals surface area (Å²) < 4.78 is 31.7. The summed E-state index contributed by atoms with van der Waals surface area (Å²) in [7, 11) is 0. The Morgan fingerprint density at radius 1 is 1.06 bits per heavy atom. The van der Waals surface area contributed by atoms with Gasteiger partial charge in [-0.15, -0.1) is 0 Å². The van der Waals surface area contributed by atoms with Gasteiger partial charge in [-0.25, -0.2) is 4.79 Å². The number of amides is 1. The molecule has 0 unspecified atom stereocenters. The molecule has 5 nitrogen and oxygen atoms in total. The Kier molecular flexibility index (Phi) is 7.29. The number of aliphatic carboxylic acids is 1. The van der Waals surface area contributed by atoms with Crippen LogP contribution in [-0.4, -0.2) is 59.1 Å². The van der Waals surface area contributed by atoms with Crippen LogP contribution in [0.2, 0.25) is 0 Å². The number of carboxylic acids is 1. The highest BCUT2D eigenvalue weighted by Crippen LogP contribution is 2.42. The smallest absolute Gasteiger partial charge is 0.475 e. The third-order valence-electron chi connectivity index (χ3n) is 6.64. The molecule has 0 radical (unpaired) electrons. The number of benzene rings is 1. The van der Waals surface area contributed by atoms with Gasteiger partial charge in [-0.05, 0) is 69.0 Å². The monoisotopic (exact) mass is 440 g/mol. The number of hydrogen-bond acceptors (Lipinski definition) is 3. The lowest BCUT2D eigenvalue weighted by Crippen LogP contribution is -2.42. The molecule has 1 aromatic rings. The van der Waals surface area contributed by atoms with Gasteiger partial charge in [0, 0.05) is 26.1 Å². The minimum absolute atomic E-state index is 0.420. The molecular formula is C23H31F3N2O3. The maximum atomic E-state index is 12.4. The van der Waals surface area contributed by atoms with Crippen molar-refractivity contribution in [2.24, 2.45) is 11.3 Å². The van der Waals surface area contributed by atoms with Crippen LogP contribution < -0.4 is 0 Å². The highest BCUT2D eigenvalue weighted by molar-refractivity contribution is 5.77. The number of halogens is 3. The summed E-state index contributed by atoms with van der Waals surface area (Å²) in [4.78, 5) is 26.0. The average Bonchev–Trinajstić information content (AvgIpc) is 3.43. The molecule has 1 aliphatic carbocycles. The molecule has 3 fully saturated rings. The summed E-state index contributed by atoms with van der Waals surface area (Å²) in [5, 5.41) is 7.12. The summed E-state index contributed by atoms with van der Waals surface area (Å²) in [5.74, 6) is -1.62. The fraction of sp³-hybridized carbons (Fsp3) is 0.652. The minimum atomic E-state index is -5.08. The van der Waals surface area contributed by atoms with Crippen molar-refractivity contribution in [2.75, 3.05) is 26.2 Å². The van der Waals surface area contributed by atoms with E-state index in [9.17, 15) is 18.0 Å². The number of likely N-dealkylation sites (tertiary alicyclic amines) is 2. The van der Waals surface area contributed by atoms with Gasteiger partial charge in [-0.1, -0.05) is 29.8 Å². The van der Waals surface area contributed by atoms with E-state index in [0.29, 0.717) is 17.2 Å². The van der Waals surface area contributed by atoms with Crippen LogP contribution in [0.4, 0.5) is 13.2 Å². The van der Waals surface area contributed by atoms with E-state index >= 15 is 0 Å². The van der Waals surface area contributed by atoms with E-state index in [4.69, 9.17) is 9.90 Å². The Hall–Kier alpha value is -2.09. The Bertz CT molecular complexity index is 767. The largest absolute Gasteiger partial charge is 0.490 e. The van der Waals surface area contributed by atoms with E-state index < -0.39 is 12.1 Å². The Morgan fingerprint density at radius 2 is 1.61 bits per heavy atom. The van der Waals surface area contributed by atoms with Crippen molar-refractivity contribution in [1.29, 1.82) is 0 Å². The first kappa shape index (κ1) is 23.6. The number of hydrogen-bond donors (Lipinski definition) is 1. The van der Waals surface area contributed by atoms with E-state index in [2.05, 4.69) is 41.0 Å². The predicted octanol–water partition coefficient (Wildman–Crippen LogP) is 4.24. The number of nitrogens with zero attached hydrogens (tertiary/aromatic N) is 2. The number of carboxylic acid groups (broad SMARTS) is 1. The number of rotatable bonds is 4. The van der Waals surface area contributed by atoms with Gasteiger partial charge in [0.1, 0.15) is 0 Å². The van der Waals surface area contributed by atoms with Crippen LogP contribution in [0.15, 0.2) is 24.3 Å². The Balaban J connectivity index is 0.000000339.